The van der Waals surface area contributed by atoms with Crippen molar-refractivity contribution < 1.29 is 28.5 Å². The Morgan fingerprint density at radius 1 is 1.06 bits per heavy atom. The van der Waals surface area contributed by atoms with E-state index in [2.05, 4.69) is 0 Å². The van der Waals surface area contributed by atoms with Crippen molar-refractivity contribution in [1.29, 1.82) is 0 Å². The first kappa shape index (κ1) is 12.2. The van der Waals surface area contributed by atoms with Crippen LogP contribution in [-0.2, 0) is 19.2 Å². The Morgan fingerprint density at radius 3 is 1.69 bits per heavy atom. The minimum Gasteiger partial charge on any atom is -0.274 e. The minimum atomic E-state index is -1.24. The SMILES string of the molecule is CC(=O)N1C(=O)C[N+](C(C)=O)(C(C)=O)C1=O. The number of amides is 6. The van der Waals surface area contributed by atoms with Crippen molar-refractivity contribution in [2.24, 2.45) is 0 Å². The van der Waals surface area contributed by atoms with E-state index in [4.69, 9.17) is 0 Å². The van der Waals surface area contributed by atoms with Gasteiger partial charge in [-0.05, 0) is 0 Å². The second-order valence-corrected chi connectivity index (χ2v) is 3.54. The molecule has 1 aliphatic rings. The topological polar surface area (TPSA) is 88.6 Å². The molecule has 0 spiro atoms. The van der Waals surface area contributed by atoms with Crippen LogP contribution in [0.25, 0.3) is 0 Å². The number of hydrogen-bond donors (Lipinski definition) is 0. The van der Waals surface area contributed by atoms with Gasteiger partial charge in [0.15, 0.2) is 6.54 Å². The zero-order chi connectivity index (χ0) is 12.7. The van der Waals surface area contributed by atoms with Crippen molar-refractivity contribution in [2.75, 3.05) is 6.54 Å². The highest BCUT2D eigenvalue weighted by molar-refractivity contribution is 6.17. The Kier molecular flexibility index (Phi) is 2.74. The van der Waals surface area contributed by atoms with Gasteiger partial charge in [0.05, 0.1) is 13.8 Å². The van der Waals surface area contributed by atoms with E-state index in [0.717, 1.165) is 20.8 Å². The van der Waals surface area contributed by atoms with Crippen LogP contribution in [0.3, 0.4) is 0 Å². The average molecular weight is 227 g/mol. The van der Waals surface area contributed by atoms with Crippen molar-refractivity contribution in [3.63, 3.8) is 0 Å². The molecule has 0 aromatic rings. The predicted octanol–water partition coefficient (Wildman–Crippen LogP) is -0.595. The molecule has 6 amide bonds. The molecule has 0 aromatic heterocycles. The molecule has 1 rings (SSSR count). The van der Waals surface area contributed by atoms with Crippen molar-refractivity contribution in [1.82, 2.24) is 4.90 Å². The summed E-state index contributed by atoms with van der Waals surface area (Å²) in [6.45, 7) is 2.49. The smallest absolute Gasteiger partial charge is 0.274 e. The molecule has 7 nitrogen and oxygen atoms in total. The summed E-state index contributed by atoms with van der Waals surface area (Å²) in [5.74, 6) is -3.16. The molecule has 0 atom stereocenters. The third kappa shape index (κ3) is 1.36. The quantitative estimate of drug-likeness (QED) is 0.407. The van der Waals surface area contributed by atoms with E-state index in [1.54, 1.807) is 0 Å². The largest absolute Gasteiger partial charge is 0.448 e. The highest BCUT2D eigenvalue weighted by Crippen LogP contribution is 2.22. The molecule has 86 valence electrons. The summed E-state index contributed by atoms with van der Waals surface area (Å²) in [6, 6.07) is -1.09. The molecule has 7 heteroatoms. The zero-order valence-electron chi connectivity index (χ0n) is 9.14. The van der Waals surface area contributed by atoms with Crippen LogP contribution in [0.5, 0.6) is 0 Å². The molecule has 0 saturated carbocycles. The number of hydrogen-bond acceptors (Lipinski definition) is 5. The number of imide groups is 6. The third-order valence-electron chi connectivity index (χ3n) is 2.53. The maximum Gasteiger partial charge on any atom is 0.448 e. The molecule has 0 aliphatic carbocycles. The second kappa shape index (κ2) is 3.60. The molecule has 1 fully saturated rings. The third-order valence-corrected chi connectivity index (χ3v) is 2.53. The fourth-order valence-corrected chi connectivity index (χ4v) is 1.64. The van der Waals surface area contributed by atoms with Crippen LogP contribution in [-0.4, -0.2) is 45.6 Å². The number of carbonyl (C=O) groups excluding carboxylic acids is 5. The van der Waals surface area contributed by atoms with Crippen LogP contribution in [0.4, 0.5) is 4.79 Å². The summed E-state index contributed by atoms with van der Waals surface area (Å²) in [7, 11) is 0. The van der Waals surface area contributed by atoms with Gasteiger partial charge in [-0.1, -0.05) is 0 Å². The van der Waals surface area contributed by atoms with Crippen molar-refractivity contribution in [2.45, 2.75) is 20.8 Å². The molecule has 16 heavy (non-hydrogen) atoms. The molecule has 0 N–H and O–H groups in total. The molecule has 0 unspecified atom stereocenters. The fourth-order valence-electron chi connectivity index (χ4n) is 1.64. The van der Waals surface area contributed by atoms with Gasteiger partial charge in [0, 0.05) is 6.92 Å². The summed E-state index contributed by atoms with van der Waals surface area (Å²) in [6.07, 6.45) is 0. The molecule has 0 aromatic carbocycles. The number of nitrogens with zero attached hydrogens (tertiary/aromatic N) is 2. The van der Waals surface area contributed by atoms with Gasteiger partial charge in [0.25, 0.3) is 5.91 Å². The van der Waals surface area contributed by atoms with Gasteiger partial charge in [-0.25, -0.2) is 14.4 Å². The van der Waals surface area contributed by atoms with Crippen LogP contribution in [0.1, 0.15) is 20.8 Å². The van der Waals surface area contributed by atoms with Gasteiger partial charge in [-0.15, -0.1) is 4.48 Å². The second-order valence-electron chi connectivity index (χ2n) is 3.54. The highest BCUT2D eigenvalue weighted by Gasteiger charge is 2.60. The van der Waals surface area contributed by atoms with E-state index in [0.29, 0.717) is 4.90 Å². The molecular weight excluding hydrogens is 216 g/mol. The van der Waals surface area contributed by atoms with Crippen LogP contribution in [0.15, 0.2) is 0 Å². The van der Waals surface area contributed by atoms with Gasteiger partial charge >= 0.3 is 17.8 Å². The van der Waals surface area contributed by atoms with Crippen molar-refractivity contribution >= 4 is 29.7 Å². The van der Waals surface area contributed by atoms with Crippen LogP contribution >= 0.6 is 0 Å². The normalized spacial score (nSPS) is 18.8. The van der Waals surface area contributed by atoms with Gasteiger partial charge < -0.3 is 0 Å². The number of urea groups is 1. The summed E-state index contributed by atoms with van der Waals surface area (Å²) < 4.78 is -1.24. The van der Waals surface area contributed by atoms with Crippen LogP contribution in [0.2, 0.25) is 0 Å². The molecular formula is C9H11N2O5+. The summed E-state index contributed by atoms with van der Waals surface area (Å²) >= 11 is 0. The lowest BCUT2D eigenvalue weighted by molar-refractivity contribution is -0.679. The fraction of sp³-hybridized carbons (Fsp3) is 0.444. The Balaban J connectivity index is 3.34. The monoisotopic (exact) mass is 227 g/mol. The zero-order valence-corrected chi connectivity index (χ0v) is 9.14. The Labute approximate surface area is 91.2 Å². The first-order valence-electron chi connectivity index (χ1n) is 4.53. The maximum absolute atomic E-state index is 11.8. The number of quaternary nitrogens is 1. The van der Waals surface area contributed by atoms with Crippen molar-refractivity contribution in [3.8, 4) is 0 Å². The summed E-state index contributed by atoms with van der Waals surface area (Å²) in [5, 5.41) is 0. The Morgan fingerprint density at radius 2 is 1.50 bits per heavy atom. The number of rotatable bonds is 0. The van der Waals surface area contributed by atoms with Gasteiger partial charge in [-0.2, -0.15) is 4.90 Å². The molecule has 0 bridgehead atoms. The number of carbonyl (C=O) groups is 5. The molecule has 1 heterocycles. The Hall–Kier alpha value is -1.89. The Bertz CT molecular complexity index is 412. The summed E-state index contributed by atoms with van der Waals surface area (Å²) in [4.78, 5) is 57.3. The van der Waals surface area contributed by atoms with Crippen LogP contribution < -0.4 is 0 Å². The van der Waals surface area contributed by atoms with E-state index in [-0.39, 0.29) is 0 Å². The minimum absolute atomic E-state index is 0.336. The van der Waals surface area contributed by atoms with E-state index >= 15 is 0 Å². The highest BCUT2D eigenvalue weighted by atomic mass is 16.2. The maximum atomic E-state index is 11.8. The van der Waals surface area contributed by atoms with E-state index in [1.165, 1.54) is 0 Å². The first-order valence-corrected chi connectivity index (χ1v) is 4.53. The predicted molar refractivity (Wildman–Crippen MR) is 49.4 cm³/mol. The summed E-state index contributed by atoms with van der Waals surface area (Å²) in [5.41, 5.74) is 0. The van der Waals surface area contributed by atoms with E-state index < -0.39 is 40.7 Å². The van der Waals surface area contributed by atoms with Gasteiger partial charge in [0.1, 0.15) is 0 Å². The van der Waals surface area contributed by atoms with E-state index in [1.807, 2.05) is 0 Å². The first-order chi connectivity index (χ1) is 7.25. The van der Waals surface area contributed by atoms with Crippen LogP contribution in [0, 0.1) is 0 Å². The standard InChI is InChI=1S/C9H11N2O5/c1-5(12)10-8(15)4-11(6(2)13,7(3)14)9(10)16/h4H2,1-3H3/q+1. The molecule has 0 radical (unpaired) electrons. The lowest BCUT2D eigenvalue weighted by Gasteiger charge is -2.20. The van der Waals surface area contributed by atoms with Crippen molar-refractivity contribution in [3.05, 3.63) is 0 Å². The molecule has 1 aliphatic heterocycles. The van der Waals surface area contributed by atoms with Gasteiger partial charge in [-0.3, -0.25) is 9.59 Å². The lowest BCUT2D eigenvalue weighted by Crippen LogP contribution is -2.57. The average Bonchev–Trinajstić information content (AvgIpc) is 2.38. The van der Waals surface area contributed by atoms with Gasteiger partial charge in [0.2, 0.25) is 5.91 Å². The lowest BCUT2D eigenvalue weighted by atomic mass is 10.3. The molecule has 1 saturated heterocycles. The van der Waals surface area contributed by atoms with E-state index in [9.17, 15) is 24.0 Å².